The van der Waals surface area contributed by atoms with Crippen LogP contribution in [0.25, 0.3) is 0 Å². The molecule has 1 saturated heterocycles. The van der Waals surface area contributed by atoms with Gasteiger partial charge in [0.05, 0.1) is 6.61 Å². The fourth-order valence-electron chi connectivity index (χ4n) is 4.09. The van der Waals surface area contributed by atoms with E-state index in [-0.39, 0.29) is 11.7 Å². The van der Waals surface area contributed by atoms with E-state index in [0.29, 0.717) is 6.42 Å². The summed E-state index contributed by atoms with van der Waals surface area (Å²) in [6, 6.07) is 1.43. The van der Waals surface area contributed by atoms with Crippen LogP contribution in [0, 0.1) is 0 Å². The molecule has 2 heterocycles. The van der Waals surface area contributed by atoms with Gasteiger partial charge in [0.25, 0.3) is 0 Å². The van der Waals surface area contributed by atoms with Gasteiger partial charge in [0.1, 0.15) is 24.1 Å². The average Bonchev–Trinajstić information content (AvgIpc) is 3.15. The lowest BCUT2D eigenvalue weighted by atomic mass is 10.1. The van der Waals surface area contributed by atoms with Crippen molar-refractivity contribution < 1.29 is 24.9 Å². The van der Waals surface area contributed by atoms with Crippen molar-refractivity contribution in [3.05, 3.63) is 47.1 Å². The van der Waals surface area contributed by atoms with E-state index in [1.54, 1.807) is 0 Å². The average molecular weight is 506 g/mol. The molecule has 0 saturated carbocycles. The minimum Gasteiger partial charge on any atom is -0.394 e. The van der Waals surface area contributed by atoms with Crippen LogP contribution in [-0.4, -0.2) is 55.7 Å². The second-order valence-corrected chi connectivity index (χ2v) is 9.26. The first-order chi connectivity index (χ1) is 17.5. The Morgan fingerprint density at radius 3 is 2.33 bits per heavy atom. The van der Waals surface area contributed by atoms with Gasteiger partial charge in [0, 0.05) is 12.6 Å². The maximum atomic E-state index is 12.3. The molecule has 0 spiro atoms. The molecule has 1 aliphatic rings. The van der Waals surface area contributed by atoms with Gasteiger partial charge < -0.3 is 25.4 Å². The van der Waals surface area contributed by atoms with Crippen molar-refractivity contribution in [1.82, 2.24) is 9.55 Å². The van der Waals surface area contributed by atoms with Gasteiger partial charge in [-0.05, 0) is 44.6 Å². The molecule has 202 valence electrons. The SMILES string of the molecule is CCCCC/C=C\C/C=C\CCCCCCCC(=O)Nc1ccn([C@@H]2O[C@H](CO)[C@@H](O)[C@@H]2O)c(=O)n1. The molecule has 1 fully saturated rings. The third kappa shape index (κ3) is 10.3. The van der Waals surface area contributed by atoms with E-state index in [0.717, 1.165) is 49.5 Å². The van der Waals surface area contributed by atoms with Crippen molar-refractivity contribution in [2.45, 2.75) is 109 Å². The van der Waals surface area contributed by atoms with Crippen molar-refractivity contribution in [1.29, 1.82) is 0 Å². The first-order valence-corrected chi connectivity index (χ1v) is 13.3. The number of amides is 1. The Morgan fingerprint density at radius 1 is 1.03 bits per heavy atom. The number of ether oxygens (including phenoxy) is 1. The molecule has 9 nitrogen and oxygen atoms in total. The van der Waals surface area contributed by atoms with E-state index < -0.39 is 36.8 Å². The minimum absolute atomic E-state index is 0.121. The van der Waals surface area contributed by atoms with E-state index in [1.165, 1.54) is 37.9 Å². The van der Waals surface area contributed by atoms with E-state index in [1.807, 2.05) is 0 Å². The number of rotatable bonds is 17. The predicted octanol–water partition coefficient (Wildman–Crippen LogP) is 3.61. The predicted molar refractivity (Wildman–Crippen MR) is 139 cm³/mol. The second-order valence-electron chi connectivity index (χ2n) is 9.26. The molecule has 0 unspecified atom stereocenters. The normalized spacial score (nSPS) is 22.1. The van der Waals surface area contributed by atoms with Crippen LogP contribution in [0.4, 0.5) is 5.82 Å². The van der Waals surface area contributed by atoms with Gasteiger partial charge in [-0.25, -0.2) is 4.79 Å². The van der Waals surface area contributed by atoms with Crippen molar-refractivity contribution in [3.63, 3.8) is 0 Å². The van der Waals surface area contributed by atoms with Crippen LogP contribution in [0.5, 0.6) is 0 Å². The third-order valence-corrected chi connectivity index (χ3v) is 6.24. The molecule has 4 atom stereocenters. The maximum Gasteiger partial charge on any atom is 0.351 e. The fraction of sp³-hybridized carbons (Fsp3) is 0.667. The molecule has 1 amide bonds. The van der Waals surface area contributed by atoms with Crippen LogP contribution in [-0.2, 0) is 9.53 Å². The Morgan fingerprint density at radius 2 is 1.69 bits per heavy atom. The molecule has 2 rings (SSSR count). The summed E-state index contributed by atoms with van der Waals surface area (Å²) in [6.45, 7) is 1.73. The monoisotopic (exact) mass is 505 g/mol. The fourth-order valence-corrected chi connectivity index (χ4v) is 4.09. The van der Waals surface area contributed by atoms with Gasteiger partial charge in [0.15, 0.2) is 6.23 Å². The van der Waals surface area contributed by atoms with E-state index in [2.05, 4.69) is 41.5 Å². The minimum atomic E-state index is -1.37. The topological polar surface area (TPSA) is 134 Å². The quantitative estimate of drug-likeness (QED) is 0.188. The van der Waals surface area contributed by atoms with Gasteiger partial charge in [-0.2, -0.15) is 4.98 Å². The second kappa shape index (κ2) is 17.2. The summed E-state index contributed by atoms with van der Waals surface area (Å²) in [4.78, 5) is 28.3. The highest BCUT2D eigenvalue weighted by Gasteiger charge is 2.43. The summed E-state index contributed by atoms with van der Waals surface area (Å²) in [6.07, 6.45) is 18.1. The zero-order valence-corrected chi connectivity index (χ0v) is 21.4. The van der Waals surface area contributed by atoms with Gasteiger partial charge >= 0.3 is 5.69 Å². The van der Waals surface area contributed by atoms with Crippen LogP contribution in [0.15, 0.2) is 41.4 Å². The Bertz CT molecular complexity index is 885. The number of aromatic nitrogens is 2. The van der Waals surface area contributed by atoms with Crippen LogP contribution >= 0.6 is 0 Å². The molecule has 1 aliphatic heterocycles. The van der Waals surface area contributed by atoms with Gasteiger partial charge in [0.2, 0.25) is 5.91 Å². The zero-order valence-electron chi connectivity index (χ0n) is 21.4. The summed E-state index contributed by atoms with van der Waals surface area (Å²) in [5, 5.41) is 31.7. The number of hydrogen-bond donors (Lipinski definition) is 4. The molecule has 1 aromatic heterocycles. The number of nitrogens with zero attached hydrogens (tertiary/aromatic N) is 2. The molecular weight excluding hydrogens is 462 g/mol. The third-order valence-electron chi connectivity index (χ3n) is 6.24. The molecule has 0 bridgehead atoms. The number of aliphatic hydroxyl groups excluding tert-OH is 3. The van der Waals surface area contributed by atoms with Crippen molar-refractivity contribution >= 4 is 11.7 Å². The largest absolute Gasteiger partial charge is 0.394 e. The Balaban J connectivity index is 1.57. The van der Waals surface area contributed by atoms with Crippen LogP contribution in [0.1, 0.15) is 90.2 Å². The van der Waals surface area contributed by atoms with Gasteiger partial charge in [-0.15, -0.1) is 0 Å². The first kappa shape index (κ1) is 29.9. The highest BCUT2D eigenvalue weighted by molar-refractivity contribution is 5.89. The Kier molecular flexibility index (Phi) is 14.3. The molecule has 0 aromatic carbocycles. The lowest BCUT2D eigenvalue weighted by Gasteiger charge is -2.17. The molecule has 36 heavy (non-hydrogen) atoms. The van der Waals surface area contributed by atoms with Crippen LogP contribution in [0.3, 0.4) is 0 Å². The number of hydrogen-bond acceptors (Lipinski definition) is 7. The smallest absolute Gasteiger partial charge is 0.351 e. The number of aliphatic hydroxyl groups is 3. The summed E-state index contributed by atoms with van der Waals surface area (Å²) in [5.41, 5.74) is -0.736. The molecule has 9 heteroatoms. The number of unbranched alkanes of at least 4 members (excludes halogenated alkanes) is 8. The lowest BCUT2D eigenvalue weighted by molar-refractivity contribution is -0.116. The molecule has 1 aromatic rings. The molecule has 0 aliphatic carbocycles. The summed E-state index contributed by atoms with van der Waals surface area (Å²) in [7, 11) is 0. The standard InChI is InChI=1S/C27H43N3O6/c1-2-3-4-5-6-7-8-9-10-11-12-13-14-15-16-17-23(32)28-22-18-19-30(27(35)29-22)26-25(34)24(33)21(20-31)36-26/h6-7,9-10,18-19,21,24-26,31,33-34H,2-5,8,11-17,20H2,1H3,(H,28,29,32,35)/b7-6-,10-9-/t21-,24-,25+,26-/m1/s1. The Hall–Kier alpha value is -2.33. The number of carbonyl (C=O) groups excluding carboxylic acids is 1. The number of carbonyl (C=O) groups is 1. The van der Waals surface area contributed by atoms with E-state index in [4.69, 9.17) is 4.74 Å². The van der Waals surface area contributed by atoms with E-state index in [9.17, 15) is 24.9 Å². The van der Waals surface area contributed by atoms with Gasteiger partial charge in [-0.3, -0.25) is 9.36 Å². The highest BCUT2D eigenvalue weighted by atomic mass is 16.6. The summed E-state index contributed by atoms with van der Waals surface area (Å²) in [5.74, 6) is -0.0890. The van der Waals surface area contributed by atoms with Crippen LogP contribution in [0.2, 0.25) is 0 Å². The first-order valence-electron chi connectivity index (χ1n) is 13.3. The molecule has 4 N–H and O–H groups in total. The number of nitrogens with one attached hydrogen (secondary N) is 1. The van der Waals surface area contributed by atoms with Gasteiger partial charge in [-0.1, -0.05) is 63.3 Å². The highest BCUT2D eigenvalue weighted by Crippen LogP contribution is 2.28. The number of allylic oxidation sites excluding steroid dienone is 4. The zero-order chi connectivity index (χ0) is 26.2. The van der Waals surface area contributed by atoms with Crippen molar-refractivity contribution in [2.24, 2.45) is 0 Å². The molecule has 0 radical (unpaired) electrons. The lowest BCUT2D eigenvalue weighted by Crippen LogP contribution is -2.36. The summed E-state index contributed by atoms with van der Waals surface area (Å²) >= 11 is 0. The molecular formula is C27H43N3O6. The van der Waals surface area contributed by atoms with E-state index >= 15 is 0 Å². The van der Waals surface area contributed by atoms with Crippen LogP contribution < -0.4 is 11.0 Å². The Labute approximate surface area is 213 Å². The number of anilines is 1. The van der Waals surface area contributed by atoms with Crippen molar-refractivity contribution in [3.8, 4) is 0 Å². The maximum absolute atomic E-state index is 12.3. The van der Waals surface area contributed by atoms with Crippen molar-refractivity contribution in [2.75, 3.05) is 11.9 Å². The summed E-state index contributed by atoms with van der Waals surface area (Å²) < 4.78 is 6.37.